The molecule has 7 heteroatoms. The number of amides is 1. The number of carbonyl (C=O) groups is 1. The molecule has 2 rings (SSSR count). The third-order valence-corrected chi connectivity index (χ3v) is 4.76. The zero-order chi connectivity index (χ0) is 17.2. The second kappa shape index (κ2) is 6.37. The van der Waals surface area contributed by atoms with Gasteiger partial charge in [-0.1, -0.05) is 0 Å². The van der Waals surface area contributed by atoms with Crippen molar-refractivity contribution in [1.82, 2.24) is 4.90 Å². The molecule has 0 atom stereocenters. The summed E-state index contributed by atoms with van der Waals surface area (Å²) in [6, 6.07) is 9.57. The van der Waals surface area contributed by atoms with Crippen molar-refractivity contribution in [1.29, 1.82) is 0 Å². The van der Waals surface area contributed by atoms with Gasteiger partial charge in [-0.3, -0.25) is 9.52 Å². The molecule has 23 heavy (non-hydrogen) atoms. The van der Waals surface area contributed by atoms with E-state index in [0.29, 0.717) is 16.8 Å². The lowest BCUT2D eigenvalue weighted by atomic mass is 10.2. The molecule has 0 bridgehead atoms. The second-order valence-electron chi connectivity index (χ2n) is 5.29. The highest BCUT2D eigenvalue weighted by atomic mass is 32.2. The maximum Gasteiger partial charge on any atom is 0.262 e. The largest absolute Gasteiger partial charge is 0.345 e. The third-order valence-electron chi connectivity index (χ3n) is 3.22. The Labute approximate surface area is 134 Å². The Morgan fingerprint density at radius 1 is 1.09 bits per heavy atom. The zero-order valence-electron chi connectivity index (χ0n) is 13.0. The molecule has 5 nitrogen and oxygen atoms in total. The van der Waals surface area contributed by atoms with Crippen LogP contribution in [0.3, 0.4) is 0 Å². The molecule has 0 aliphatic heterocycles. The lowest BCUT2D eigenvalue weighted by Gasteiger charge is -2.12. The molecule has 0 saturated heterocycles. The maximum atomic E-state index is 13.1. The summed E-state index contributed by atoms with van der Waals surface area (Å²) in [5.41, 5.74) is 1.09. The number of hydrogen-bond donors (Lipinski definition) is 1. The SMILES string of the molecule is Cc1cc(F)ccc1S(=O)(=O)Nc1ccc(C(=O)N(C)C)cc1. The van der Waals surface area contributed by atoms with Gasteiger partial charge in [-0.15, -0.1) is 0 Å². The van der Waals surface area contributed by atoms with Crippen molar-refractivity contribution >= 4 is 21.6 Å². The molecule has 0 unspecified atom stereocenters. The van der Waals surface area contributed by atoms with Crippen molar-refractivity contribution in [3.63, 3.8) is 0 Å². The first-order valence-electron chi connectivity index (χ1n) is 6.81. The quantitative estimate of drug-likeness (QED) is 0.933. The number of sulfonamides is 1. The van der Waals surface area contributed by atoms with E-state index in [1.165, 1.54) is 42.2 Å². The Hall–Kier alpha value is -2.41. The van der Waals surface area contributed by atoms with Crippen molar-refractivity contribution in [3.8, 4) is 0 Å². The molecule has 0 saturated carbocycles. The topological polar surface area (TPSA) is 66.5 Å². The molecule has 0 aliphatic carbocycles. The molecule has 0 aliphatic rings. The van der Waals surface area contributed by atoms with Crippen molar-refractivity contribution in [3.05, 3.63) is 59.4 Å². The van der Waals surface area contributed by atoms with Crippen LogP contribution in [-0.2, 0) is 10.0 Å². The van der Waals surface area contributed by atoms with Crippen LogP contribution < -0.4 is 4.72 Å². The molecule has 122 valence electrons. The van der Waals surface area contributed by atoms with E-state index in [-0.39, 0.29) is 10.8 Å². The molecular formula is C16H17FN2O3S. The summed E-state index contributed by atoms with van der Waals surface area (Å²) >= 11 is 0. The minimum absolute atomic E-state index is 0.00680. The monoisotopic (exact) mass is 336 g/mol. The average Bonchev–Trinajstić information content (AvgIpc) is 2.46. The molecule has 1 N–H and O–H groups in total. The van der Waals surface area contributed by atoms with Gasteiger partial charge in [-0.05, 0) is 55.0 Å². The van der Waals surface area contributed by atoms with Gasteiger partial charge in [0, 0.05) is 25.3 Å². The molecule has 0 aromatic heterocycles. The molecule has 0 heterocycles. The third kappa shape index (κ3) is 3.87. The number of nitrogens with one attached hydrogen (secondary N) is 1. The summed E-state index contributed by atoms with van der Waals surface area (Å²) in [5, 5.41) is 0. The first kappa shape index (κ1) is 17.0. The van der Waals surface area contributed by atoms with Gasteiger partial charge in [0.1, 0.15) is 5.82 Å². The summed E-state index contributed by atoms with van der Waals surface area (Å²) in [7, 11) is -0.552. The van der Waals surface area contributed by atoms with Gasteiger partial charge in [0.15, 0.2) is 0 Å². The Morgan fingerprint density at radius 2 is 1.70 bits per heavy atom. The van der Waals surface area contributed by atoms with Gasteiger partial charge < -0.3 is 4.90 Å². The van der Waals surface area contributed by atoms with Crippen molar-refractivity contribution in [2.45, 2.75) is 11.8 Å². The first-order valence-corrected chi connectivity index (χ1v) is 8.30. The zero-order valence-corrected chi connectivity index (χ0v) is 13.8. The Balaban J connectivity index is 2.26. The van der Waals surface area contributed by atoms with Gasteiger partial charge in [0.25, 0.3) is 15.9 Å². The number of carbonyl (C=O) groups excluding carboxylic acids is 1. The van der Waals surface area contributed by atoms with E-state index in [2.05, 4.69) is 4.72 Å². The number of rotatable bonds is 4. The van der Waals surface area contributed by atoms with Gasteiger partial charge >= 0.3 is 0 Å². The van der Waals surface area contributed by atoms with Crippen LogP contribution in [0, 0.1) is 12.7 Å². The molecule has 2 aromatic rings. The van der Waals surface area contributed by atoms with Crippen LogP contribution in [0.25, 0.3) is 0 Å². The average molecular weight is 336 g/mol. The molecule has 2 aromatic carbocycles. The van der Waals surface area contributed by atoms with Crippen LogP contribution in [-0.4, -0.2) is 33.3 Å². The maximum absolute atomic E-state index is 13.1. The minimum atomic E-state index is -3.82. The van der Waals surface area contributed by atoms with E-state index in [1.54, 1.807) is 14.1 Å². The van der Waals surface area contributed by atoms with Gasteiger partial charge in [-0.25, -0.2) is 12.8 Å². The van der Waals surface area contributed by atoms with Crippen LogP contribution in [0.5, 0.6) is 0 Å². The Morgan fingerprint density at radius 3 is 2.22 bits per heavy atom. The highest BCUT2D eigenvalue weighted by Gasteiger charge is 2.17. The number of benzene rings is 2. The van der Waals surface area contributed by atoms with Crippen LogP contribution in [0.4, 0.5) is 10.1 Å². The van der Waals surface area contributed by atoms with Gasteiger partial charge in [-0.2, -0.15) is 0 Å². The molecule has 0 fully saturated rings. The van der Waals surface area contributed by atoms with Gasteiger partial charge in [0.2, 0.25) is 0 Å². The number of aryl methyl sites for hydroxylation is 1. The summed E-state index contributed by atoms with van der Waals surface area (Å²) in [6.45, 7) is 1.52. The summed E-state index contributed by atoms with van der Waals surface area (Å²) in [5.74, 6) is -0.665. The number of nitrogens with zero attached hydrogens (tertiary/aromatic N) is 1. The fraction of sp³-hybridized carbons (Fsp3) is 0.188. The molecule has 1 amide bonds. The summed E-state index contributed by atoms with van der Waals surface area (Å²) < 4.78 is 40.2. The van der Waals surface area contributed by atoms with E-state index in [9.17, 15) is 17.6 Å². The van der Waals surface area contributed by atoms with Crippen LogP contribution in [0.2, 0.25) is 0 Å². The van der Waals surface area contributed by atoms with Gasteiger partial charge in [0.05, 0.1) is 4.90 Å². The normalized spacial score (nSPS) is 11.1. The molecular weight excluding hydrogens is 319 g/mol. The van der Waals surface area contributed by atoms with Crippen molar-refractivity contribution < 1.29 is 17.6 Å². The van der Waals surface area contributed by atoms with Crippen molar-refractivity contribution in [2.75, 3.05) is 18.8 Å². The minimum Gasteiger partial charge on any atom is -0.345 e. The molecule has 0 radical (unpaired) electrons. The van der Waals surface area contributed by atoms with Crippen LogP contribution in [0.15, 0.2) is 47.4 Å². The number of halogens is 1. The standard InChI is InChI=1S/C16H17FN2O3S/c1-11-10-13(17)6-9-15(11)23(21,22)18-14-7-4-12(5-8-14)16(20)19(2)3/h4-10,18H,1-3H3. The van der Waals surface area contributed by atoms with E-state index in [1.807, 2.05) is 0 Å². The van der Waals surface area contributed by atoms with E-state index < -0.39 is 15.8 Å². The van der Waals surface area contributed by atoms with Crippen LogP contribution in [0.1, 0.15) is 15.9 Å². The van der Waals surface area contributed by atoms with Crippen molar-refractivity contribution in [2.24, 2.45) is 0 Å². The highest BCUT2D eigenvalue weighted by Crippen LogP contribution is 2.20. The smallest absolute Gasteiger partial charge is 0.262 e. The van der Waals surface area contributed by atoms with E-state index in [4.69, 9.17) is 0 Å². The molecule has 0 spiro atoms. The summed E-state index contributed by atoms with van der Waals surface area (Å²) in [6.07, 6.45) is 0. The fourth-order valence-corrected chi connectivity index (χ4v) is 3.35. The lowest BCUT2D eigenvalue weighted by Crippen LogP contribution is -2.21. The Kier molecular flexibility index (Phi) is 4.70. The fourth-order valence-electron chi connectivity index (χ4n) is 2.06. The number of hydrogen-bond acceptors (Lipinski definition) is 3. The number of anilines is 1. The first-order chi connectivity index (χ1) is 10.7. The van der Waals surface area contributed by atoms with Crippen LogP contribution >= 0.6 is 0 Å². The highest BCUT2D eigenvalue weighted by molar-refractivity contribution is 7.92. The second-order valence-corrected chi connectivity index (χ2v) is 6.94. The predicted octanol–water partition coefficient (Wildman–Crippen LogP) is 2.64. The van der Waals surface area contributed by atoms with E-state index >= 15 is 0 Å². The summed E-state index contributed by atoms with van der Waals surface area (Å²) in [4.78, 5) is 13.2. The Bertz CT molecular complexity index is 831. The lowest BCUT2D eigenvalue weighted by molar-refractivity contribution is 0.0827. The predicted molar refractivity (Wildman–Crippen MR) is 86.4 cm³/mol. The van der Waals surface area contributed by atoms with E-state index in [0.717, 1.165) is 12.1 Å².